The molecule has 0 amide bonds. The van der Waals surface area contributed by atoms with Gasteiger partial charge in [-0.15, -0.1) is 0 Å². The summed E-state index contributed by atoms with van der Waals surface area (Å²) < 4.78 is 1.05. The molecule has 0 saturated heterocycles. The van der Waals surface area contributed by atoms with Crippen LogP contribution in [0.15, 0.2) is 57.2 Å². The van der Waals surface area contributed by atoms with Crippen LogP contribution in [-0.2, 0) is 6.42 Å². The fraction of sp³-hybridized carbons (Fsp3) is 0.368. The van der Waals surface area contributed by atoms with Crippen LogP contribution in [0.4, 0.5) is 17.1 Å². The number of fused-ring (bicyclic) bond motifs is 1. The van der Waals surface area contributed by atoms with Crippen molar-refractivity contribution >= 4 is 33.0 Å². The number of rotatable bonds is 4. The van der Waals surface area contributed by atoms with E-state index in [0.29, 0.717) is 5.92 Å². The van der Waals surface area contributed by atoms with Crippen molar-refractivity contribution in [3.63, 3.8) is 0 Å². The predicted octanol–water partition coefficient (Wildman–Crippen LogP) is 6.27. The normalized spacial score (nSPS) is 14.5. The fourth-order valence-corrected chi connectivity index (χ4v) is 3.24. The molecule has 4 heteroatoms. The number of nitrogens with zero attached hydrogens (tertiary/aromatic N) is 3. The largest absolute Gasteiger partial charge is 0.371 e. The number of benzene rings is 2. The second-order valence-electron chi connectivity index (χ2n) is 6.43. The zero-order valence-corrected chi connectivity index (χ0v) is 15.3. The van der Waals surface area contributed by atoms with Crippen molar-refractivity contribution in [1.29, 1.82) is 0 Å². The van der Waals surface area contributed by atoms with Gasteiger partial charge in [-0.3, -0.25) is 0 Å². The minimum Gasteiger partial charge on any atom is -0.371 e. The molecule has 0 fully saturated rings. The Morgan fingerprint density at radius 1 is 1.04 bits per heavy atom. The first-order valence-electron chi connectivity index (χ1n) is 8.17. The molecule has 0 aliphatic carbocycles. The first-order chi connectivity index (χ1) is 11.1. The number of hydrogen-bond acceptors (Lipinski definition) is 3. The summed E-state index contributed by atoms with van der Waals surface area (Å²) in [5.74, 6) is 0.678. The molecule has 23 heavy (non-hydrogen) atoms. The molecule has 0 bridgehead atoms. The van der Waals surface area contributed by atoms with E-state index in [1.54, 1.807) is 0 Å². The molecule has 0 saturated carbocycles. The first kappa shape index (κ1) is 16.2. The Morgan fingerprint density at radius 3 is 2.48 bits per heavy atom. The van der Waals surface area contributed by atoms with E-state index in [9.17, 15) is 0 Å². The standard InChI is InChI=1S/C19H22BrN3/c1-14(2)13-23-11-3-4-15-12-18(9-10-19(15)23)22-21-17-7-5-16(20)6-8-17/h5-10,12,14H,3-4,11,13H2,1-2H3. The smallest absolute Gasteiger partial charge is 0.0861 e. The SMILES string of the molecule is CC(C)CN1CCCc2cc(N=Nc3ccc(Br)cc3)ccc21. The summed E-state index contributed by atoms with van der Waals surface area (Å²) in [5.41, 5.74) is 4.56. The zero-order chi connectivity index (χ0) is 16.2. The highest BCUT2D eigenvalue weighted by molar-refractivity contribution is 9.10. The van der Waals surface area contributed by atoms with Crippen LogP contribution in [0, 0.1) is 5.92 Å². The first-order valence-corrected chi connectivity index (χ1v) is 8.96. The van der Waals surface area contributed by atoms with Crippen molar-refractivity contribution in [1.82, 2.24) is 0 Å². The van der Waals surface area contributed by atoms with Gasteiger partial charge in [0, 0.05) is 23.2 Å². The second-order valence-corrected chi connectivity index (χ2v) is 7.35. The van der Waals surface area contributed by atoms with Crippen molar-refractivity contribution in [3.8, 4) is 0 Å². The number of halogens is 1. The molecule has 0 radical (unpaired) electrons. The van der Waals surface area contributed by atoms with Crippen LogP contribution in [0.25, 0.3) is 0 Å². The molecule has 1 heterocycles. The van der Waals surface area contributed by atoms with E-state index in [1.165, 1.54) is 17.7 Å². The average Bonchev–Trinajstić information content (AvgIpc) is 2.54. The van der Waals surface area contributed by atoms with Crippen LogP contribution in [0.3, 0.4) is 0 Å². The Morgan fingerprint density at radius 2 is 1.74 bits per heavy atom. The monoisotopic (exact) mass is 371 g/mol. The van der Waals surface area contributed by atoms with Gasteiger partial charge in [-0.05, 0) is 66.8 Å². The van der Waals surface area contributed by atoms with Crippen molar-refractivity contribution in [2.75, 3.05) is 18.0 Å². The Balaban J connectivity index is 1.79. The molecule has 2 aromatic rings. The highest BCUT2D eigenvalue weighted by atomic mass is 79.9. The number of azo groups is 1. The third kappa shape index (κ3) is 4.20. The number of hydrogen-bond donors (Lipinski definition) is 0. The van der Waals surface area contributed by atoms with E-state index in [-0.39, 0.29) is 0 Å². The lowest BCUT2D eigenvalue weighted by Gasteiger charge is -2.32. The van der Waals surface area contributed by atoms with Gasteiger partial charge >= 0.3 is 0 Å². The van der Waals surface area contributed by atoms with E-state index in [1.807, 2.05) is 24.3 Å². The number of anilines is 1. The Kier molecular flexibility index (Phi) is 5.11. The molecular formula is C19H22BrN3. The van der Waals surface area contributed by atoms with E-state index in [2.05, 4.69) is 63.1 Å². The van der Waals surface area contributed by atoms with Crippen LogP contribution in [0.5, 0.6) is 0 Å². The molecule has 2 aromatic carbocycles. The molecule has 0 atom stereocenters. The van der Waals surface area contributed by atoms with Gasteiger partial charge in [0.05, 0.1) is 11.4 Å². The average molecular weight is 372 g/mol. The van der Waals surface area contributed by atoms with Crippen LogP contribution < -0.4 is 4.90 Å². The molecule has 3 rings (SSSR count). The van der Waals surface area contributed by atoms with Gasteiger partial charge in [-0.25, -0.2) is 0 Å². The van der Waals surface area contributed by atoms with Crippen LogP contribution in [-0.4, -0.2) is 13.1 Å². The molecule has 1 aliphatic rings. The van der Waals surface area contributed by atoms with Crippen LogP contribution in [0.2, 0.25) is 0 Å². The molecule has 0 aromatic heterocycles. The van der Waals surface area contributed by atoms with Crippen molar-refractivity contribution in [2.45, 2.75) is 26.7 Å². The Bertz CT molecular complexity index is 692. The summed E-state index contributed by atoms with van der Waals surface area (Å²) >= 11 is 3.43. The third-order valence-electron chi connectivity index (χ3n) is 3.97. The predicted molar refractivity (Wildman–Crippen MR) is 100 cm³/mol. The van der Waals surface area contributed by atoms with Crippen molar-refractivity contribution < 1.29 is 0 Å². The summed E-state index contributed by atoms with van der Waals surface area (Å²) in [6.45, 7) is 6.82. The van der Waals surface area contributed by atoms with Gasteiger partial charge in [0.15, 0.2) is 0 Å². The Labute approximate surface area is 146 Å². The van der Waals surface area contributed by atoms with Crippen molar-refractivity contribution in [2.24, 2.45) is 16.1 Å². The van der Waals surface area contributed by atoms with Gasteiger partial charge in [0.1, 0.15) is 0 Å². The summed E-state index contributed by atoms with van der Waals surface area (Å²) in [6.07, 6.45) is 2.35. The minimum atomic E-state index is 0.678. The van der Waals surface area contributed by atoms with E-state index >= 15 is 0 Å². The lowest BCUT2D eigenvalue weighted by Crippen LogP contribution is -2.32. The van der Waals surface area contributed by atoms with Crippen molar-refractivity contribution in [3.05, 3.63) is 52.5 Å². The Hall–Kier alpha value is -1.68. The van der Waals surface area contributed by atoms with Gasteiger partial charge < -0.3 is 4.90 Å². The highest BCUT2D eigenvalue weighted by Crippen LogP contribution is 2.31. The zero-order valence-electron chi connectivity index (χ0n) is 13.7. The molecule has 0 spiro atoms. The highest BCUT2D eigenvalue weighted by Gasteiger charge is 2.17. The maximum absolute atomic E-state index is 4.39. The molecule has 0 N–H and O–H groups in total. The lowest BCUT2D eigenvalue weighted by atomic mass is 10.00. The molecule has 120 valence electrons. The van der Waals surface area contributed by atoms with E-state index in [4.69, 9.17) is 0 Å². The molecular weight excluding hydrogens is 350 g/mol. The maximum Gasteiger partial charge on any atom is 0.0861 e. The quantitative estimate of drug-likeness (QED) is 0.581. The van der Waals surface area contributed by atoms with Crippen LogP contribution in [0.1, 0.15) is 25.8 Å². The van der Waals surface area contributed by atoms with Crippen LogP contribution >= 0.6 is 15.9 Å². The number of aryl methyl sites for hydroxylation is 1. The topological polar surface area (TPSA) is 28.0 Å². The fourth-order valence-electron chi connectivity index (χ4n) is 2.98. The van der Waals surface area contributed by atoms with E-state index < -0.39 is 0 Å². The molecule has 3 nitrogen and oxygen atoms in total. The summed E-state index contributed by atoms with van der Waals surface area (Å²) in [6, 6.07) is 14.3. The summed E-state index contributed by atoms with van der Waals surface area (Å²) in [4.78, 5) is 2.50. The minimum absolute atomic E-state index is 0.678. The van der Waals surface area contributed by atoms with Gasteiger partial charge in [0.2, 0.25) is 0 Å². The summed E-state index contributed by atoms with van der Waals surface area (Å²) in [7, 11) is 0. The summed E-state index contributed by atoms with van der Waals surface area (Å²) in [5, 5.41) is 8.72. The van der Waals surface area contributed by atoms with Gasteiger partial charge in [-0.2, -0.15) is 10.2 Å². The second kappa shape index (κ2) is 7.26. The van der Waals surface area contributed by atoms with E-state index in [0.717, 1.165) is 35.4 Å². The maximum atomic E-state index is 4.39. The third-order valence-corrected chi connectivity index (χ3v) is 4.50. The molecule has 1 aliphatic heterocycles. The van der Waals surface area contributed by atoms with Gasteiger partial charge in [-0.1, -0.05) is 29.8 Å². The lowest BCUT2D eigenvalue weighted by molar-refractivity contribution is 0.585. The van der Waals surface area contributed by atoms with Gasteiger partial charge in [0.25, 0.3) is 0 Å². The molecule has 0 unspecified atom stereocenters.